The maximum absolute atomic E-state index is 11.0. The summed E-state index contributed by atoms with van der Waals surface area (Å²) >= 11 is 0. The monoisotopic (exact) mass is 171 g/mol. The number of esters is 1. The van der Waals surface area contributed by atoms with Gasteiger partial charge in [0.25, 0.3) is 0 Å². The van der Waals surface area contributed by atoms with Gasteiger partial charge in [0.15, 0.2) is 0 Å². The van der Waals surface area contributed by atoms with Gasteiger partial charge in [-0.1, -0.05) is 0 Å². The van der Waals surface area contributed by atoms with Crippen LogP contribution in [0, 0.1) is 0 Å². The minimum absolute atomic E-state index is 0.198. The summed E-state index contributed by atoms with van der Waals surface area (Å²) in [7, 11) is 2.99. The fraction of sp³-hybridized carbons (Fsp3) is 0.625. The van der Waals surface area contributed by atoms with E-state index in [0.717, 1.165) is 5.57 Å². The standard InChI is InChI=1S/C8H13NO3/c1-11-5-6-3-7(9-4-6)8(10)12-2/h5,7,9H,3-4H2,1-2H3/b6-5-/t7-/m0/s1. The topological polar surface area (TPSA) is 47.6 Å². The molecule has 12 heavy (non-hydrogen) atoms. The van der Waals surface area contributed by atoms with E-state index in [9.17, 15) is 4.79 Å². The molecular formula is C8H13NO3. The molecule has 1 atom stereocenters. The number of nitrogens with one attached hydrogen (secondary N) is 1. The highest BCUT2D eigenvalue weighted by Crippen LogP contribution is 2.13. The first-order valence-corrected chi connectivity index (χ1v) is 3.80. The molecule has 0 aliphatic carbocycles. The van der Waals surface area contributed by atoms with E-state index < -0.39 is 0 Å². The third-order valence-corrected chi connectivity index (χ3v) is 1.81. The molecule has 0 bridgehead atoms. The van der Waals surface area contributed by atoms with Crippen LogP contribution in [-0.4, -0.2) is 32.8 Å². The van der Waals surface area contributed by atoms with Gasteiger partial charge in [0, 0.05) is 6.54 Å². The van der Waals surface area contributed by atoms with E-state index >= 15 is 0 Å². The minimum Gasteiger partial charge on any atom is -0.504 e. The average molecular weight is 171 g/mol. The van der Waals surface area contributed by atoms with Gasteiger partial charge in [-0.15, -0.1) is 0 Å². The number of rotatable bonds is 2. The third kappa shape index (κ3) is 1.98. The van der Waals surface area contributed by atoms with Gasteiger partial charge < -0.3 is 14.8 Å². The molecule has 0 aromatic heterocycles. The van der Waals surface area contributed by atoms with Crippen LogP contribution >= 0.6 is 0 Å². The van der Waals surface area contributed by atoms with Gasteiger partial charge in [0.05, 0.1) is 20.5 Å². The normalized spacial score (nSPS) is 25.8. The molecule has 1 fully saturated rings. The molecule has 0 aromatic rings. The van der Waals surface area contributed by atoms with Gasteiger partial charge in [0.1, 0.15) is 6.04 Å². The average Bonchev–Trinajstić information content (AvgIpc) is 2.52. The summed E-state index contributed by atoms with van der Waals surface area (Å²) in [6.45, 7) is 0.702. The highest BCUT2D eigenvalue weighted by atomic mass is 16.5. The Morgan fingerprint density at radius 1 is 1.67 bits per heavy atom. The maximum Gasteiger partial charge on any atom is 0.323 e. The van der Waals surface area contributed by atoms with Crippen LogP contribution in [-0.2, 0) is 14.3 Å². The lowest BCUT2D eigenvalue weighted by atomic mass is 10.2. The summed E-state index contributed by atoms with van der Waals surface area (Å²) in [4.78, 5) is 11.0. The molecule has 68 valence electrons. The maximum atomic E-state index is 11.0. The van der Waals surface area contributed by atoms with Gasteiger partial charge in [0.2, 0.25) is 0 Å². The molecule has 0 radical (unpaired) electrons. The predicted molar refractivity (Wildman–Crippen MR) is 43.5 cm³/mol. The second kappa shape index (κ2) is 4.11. The summed E-state index contributed by atoms with van der Waals surface area (Å²) in [5.74, 6) is -0.213. The minimum atomic E-state index is -0.213. The molecule has 1 N–H and O–H groups in total. The van der Waals surface area contributed by atoms with E-state index in [0.29, 0.717) is 13.0 Å². The van der Waals surface area contributed by atoms with Crippen LogP contribution < -0.4 is 5.32 Å². The van der Waals surface area contributed by atoms with Crippen LogP contribution in [0.15, 0.2) is 11.8 Å². The van der Waals surface area contributed by atoms with Gasteiger partial charge in [-0.25, -0.2) is 0 Å². The Balaban J connectivity index is 2.45. The van der Waals surface area contributed by atoms with Crippen LogP contribution in [0.2, 0.25) is 0 Å². The van der Waals surface area contributed by atoms with Crippen molar-refractivity contribution in [2.75, 3.05) is 20.8 Å². The zero-order valence-electron chi connectivity index (χ0n) is 7.29. The van der Waals surface area contributed by atoms with Crippen molar-refractivity contribution in [3.05, 3.63) is 11.8 Å². The predicted octanol–water partition coefficient (Wildman–Crippen LogP) is 0.0516. The lowest BCUT2D eigenvalue weighted by Gasteiger charge is -2.04. The zero-order valence-corrected chi connectivity index (χ0v) is 7.29. The summed E-state index contributed by atoms with van der Waals surface area (Å²) in [5.41, 5.74) is 1.09. The first-order chi connectivity index (χ1) is 5.77. The van der Waals surface area contributed by atoms with Gasteiger partial charge in [-0.3, -0.25) is 4.79 Å². The number of hydrogen-bond donors (Lipinski definition) is 1. The molecule has 4 heteroatoms. The second-order valence-electron chi connectivity index (χ2n) is 2.67. The molecule has 4 nitrogen and oxygen atoms in total. The largest absolute Gasteiger partial charge is 0.504 e. The van der Waals surface area contributed by atoms with E-state index in [2.05, 4.69) is 10.1 Å². The molecule has 1 aliphatic rings. The van der Waals surface area contributed by atoms with Crippen molar-refractivity contribution in [2.45, 2.75) is 12.5 Å². The Bertz CT molecular complexity index is 200. The van der Waals surface area contributed by atoms with Crippen LogP contribution in [0.25, 0.3) is 0 Å². The number of methoxy groups -OCH3 is 2. The first kappa shape index (κ1) is 9.06. The number of carbonyl (C=O) groups excluding carboxylic acids is 1. The first-order valence-electron chi connectivity index (χ1n) is 3.80. The zero-order chi connectivity index (χ0) is 8.97. The molecule has 0 unspecified atom stereocenters. The number of hydrogen-bond acceptors (Lipinski definition) is 4. The fourth-order valence-corrected chi connectivity index (χ4v) is 1.23. The van der Waals surface area contributed by atoms with Gasteiger partial charge >= 0.3 is 5.97 Å². The molecule has 0 spiro atoms. The smallest absolute Gasteiger partial charge is 0.323 e. The second-order valence-corrected chi connectivity index (χ2v) is 2.67. The van der Waals surface area contributed by atoms with Gasteiger partial charge in [-0.2, -0.15) is 0 Å². The van der Waals surface area contributed by atoms with Crippen molar-refractivity contribution in [2.24, 2.45) is 0 Å². The fourth-order valence-electron chi connectivity index (χ4n) is 1.23. The summed E-state index contributed by atoms with van der Waals surface area (Å²) in [6.07, 6.45) is 2.34. The highest BCUT2D eigenvalue weighted by molar-refractivity contribution is 5.76. The van der Waals surface area contributed by atoms with Crippen molar-refractivity contribution in [1.82, 2.24) is 5.32 Å². The van der Waals surface area contributed by atoms with Crippen LogP contribution in [0.4, 0.5) is 0 Å². The molecule has 1 heterocycles. The van der Waals surface area contributed by atoms with E-state index in [1.165, 1.54) is 7.11 Å². The quantitative estimate of drug-likeness (QED) is 0.471. The van der Waals surface area contributed by atoms with Crippen LogP contribution in [0.1, 0.15) is 6.42 Å². The van der Waals surface area contributed by atoms with E-state index in [4.69, 9.17) is 4.74 Å². The molecular weight excluding hydrogens is 158 g/mol. The molecule has 1 aliphatic heterocycles. The molecule has 0 aromatic carbocycles. The Labute approximate surface area is 71.5 Å². The Hall–Kier alpha value is -1.03. The van der Waals surface area contributed by atoms with E-state index in [-0.39, 0.29) is 12.0 Å². The summed E-state index contributed by atoms with van der Waals surface area (Å²) in [6, 6.07) is -0.198. The molecule has 1 saturated heterocycles. The van der Waals surface area contributed by atoms with Crippen molar-refractivity contribution in [1.29, 1.82) is 0 Å². The molecule has 1 rings (SSSR count). The Kier molecular flexibility index (Phi) is 3.10. The summed E-state index contributed by atoms with van der Waals surface area (Å²) in [5, 5.41) is 3.02. The van der Waals surface area contributed by atoms with Crippen molar-refractivity contribution < 1.29 is 14.3 Å². The van der Waals surface area contributed by atoms with Crippen LogP contribution in [0.5, 0.6) is 0 Å². The Morgan fingerprint density at radius 3 is 3.00 bits per heavy atom. The third-order valence-electron chi connectivity index (χ3n) is 1.81. The van der Waals surface area contributed by atoms with Crippen LogP contribution in [0.3, 0.4) is 0 Å². The number of ether oxygens (including phenoxy) is 2. The van der Waals surface area contributed by atoms with Crippen molar-refractivity contribution in [3.8, 4) is 0 Å². The van der Waals surface area contributed by atoms with Crippen molar-refractivity contribution >= 4 is 5.97 Å². The van der Waals surface area contributed by atoms with E-state index in [1.807, 2.05) is 0 Å². The number of carbonyl (C=O) groups is 1. The summed E-state index contributed by atoms with van der Waals surface area (Å²) < 4.78 is 9.42. The lowest BCUT2D eigenvalue weighted by Crippen LogP contribution is -2.31. The molecule has 0 saturated carbocycles. The SMILES string of the molecule is CO/C=C1\CN[C@H](C(=O)OC)C1. The van der Waals surface area contributed by atoms with E-state index in [1.54, 1.807) is 13.4 Å². The van der Waals surface area contributed by atoms with Gasteiger partial charge in [-0.05, 0) is 12.0 Å². The highest BCUT2D eigenvalue weighted by Gasteiger charge is 2.25. The van der Waals surface area contributed by atoms with Crippen molar-refractivity contribution in [3.63, 3.8) is 0 Å². The lowest BCUT2D eigenvalue weighted by molar-refractivity contribution is -0.142. The molecule has 0 amide bonds. The Morgan fingerprint density at radius 2 is 2.42 bits per heavy atom.